The van der Waals surface area contributed by atoms with E-state index >= 15 is 0 Å². The second kappa shape index (κ2) is 5.47. The Hall–Kier alpha value is -0.610. The lowest BCUT2D eigenvalue weighted by Crippen LogP contribution is -2.45. The summed E-state index contributed by atoms with van der Waals surface area (Å²) >= 11 is 0. The summed E-state index contributed by atoms with van der Waals surface area (Å²) in [5, 5.41) is 21.0. The van der Waals surface area contributed by atoms with Gasteiger partial charge in [0.15, 0.2) is 0 Å². The number of carbonyl (C=O) groups excluding carboxylic acids is 1. The zero-order chi connectivity index (χ0) is 11.3. The molecule has 1 aliphatic carbocycles. The topological polar surface area (TPSA) is 69.6 Å². The zero-order valence-electron chi connectivity index (χ0n) is 9.33. The molecule has 0 saturated heterocycles. The number of hydrogen-bond donors (Lipinski definition) is 3. The molecule has 0 radical (unpaired) electrons. The molecule has 15 heavy (non-hydrogen) atoms. The highest BCUT2D eigenvalue weighted by atomic mass is 16.3. The minimum absolute atomic E-state index is 0.0171. The molecule has 0 aliphatic heterocycles. The second-order valence-corrected chi connectivity index (χ2v) is 4.71. The van der Waals surface area contributed by atoms with E-state index in [1.807, 2.05) is 0 Å². The number of carbonyl (C=O) groups is 1. The molecule has 4 nitrogen and oxygen atoms in total. The van der Waals surface area contributed by atoms with Gasteiger partial charge in [0.2, 0.25) is 5.91 Å². The van der Waals surface area contributed by atoms with Gasteiger partial charge >= 0.3 is 0 Å². The molecule has 0 bridgehead atoms. The average molecular weight is 215 g/mol. The molecular formula is C11H21NO3. The Balaban J connectivity index is 2.28. The van der Waals surface area contributed by atoms with Gasteiger partial charge in [-0.05, 0) is 19.8 Å². The van der Waals surface area contributed by atoms with E-state index in [4.69, 9.17) is 5.11 Å². The standard InChI is InChI=1S/C11H21NO3/c1-11(15,8-13)7-12-10(14)9-5-3-2-4-6-9/h9,13,15H,2-8H2,1H3,(H,12,14). The van der Waals surface area contributed by atoms with E-state index in [-0.39, 0.29) is 25.0 Å². The van der Waals surface area contributed by atoms with E-state index < -0.39 is 5.60 Å². The summed E-state index contributed by atoms with van der Waals surface area (Å²) in [5.74, 6) is 0.122. The molecule has 1 rings (SSSR count). The number of rotatable bonds is 4. The minimum atomic E-state index is -1.20. The molecule has 0 aromatic carbocycles. The zero-order valence-corrected chi connectivity index (χ0v) is 9.33. The third-order valence-corrected chi connectivity index (χ3v) is 2.96. The van der Waals surface area contributed by atoms with E-state index in [1.165, 1.54) is 13.3 Å². The lowest BCUT2D eigenvalue weighted by molar-refractivity contribution is -0.127. The first-order valence-corrected chi connectivity index (χ1v) is 5.66. The largest absolute Gasteiger partial charge is 0.393 e. The third kappa shape index (κ3) is 4.18. The SMILES string of the molecule is CC(O)(CO)CNC(=O)C1CCCCC1. The van der Waals surface area contributed by atoms with Crippen LogP contribution in [-0.4, -0.2) is 34.9 Å². The lowest BCUT2D eigenvalue weighted by atomic mass is 9.88. The second-order valence-electron chi connectivity index (χ2n) is 4.71. The van der Waals surface area contributed by atoms with Crippen LogP contribution in [0.5, 0.6) is 0 Å². The van der Waals surface area contributed by atoms with E-state index in [2.05, 4.69) is 5.32 Å². The Morgan fingerprint density at radius 2 is 2.00 bits per heavy atom. The predicted molar refractivity (Wildman–Crippen MR) is 57.3 cm³/mol. The molecule has 0 heterocycles. The molecular weight excluding hydrogens is 194 g/mol. The van der Waals surface area contributed by atoms with Crippen molar-refractivity contribution < 1.29 is 15.0 Å². The first kappa shape index (κ1) is 12.5. The van der Waals surface area contributed by atoms with Crippen LogP contribution in [0.3, 0.4) is 0 Å². The van der Waals surface area contributed by atoms with Gasteiger partial charge in [-0.2, -0.15) is 0 Å². The van der Waals surface area contributed by atoms with Crippen molar-refractivity contribution >= 4 is 5.91 Å². The monoisotopic (exact) mass is 215 g/mol. The van der Waals surface area contributed by atoms with E-state index in [0.29, 0.717) is 0 Å². The molecule has 0 spiro atoms. The van der Waals surface area contributed by atoms with Gasteiger partial charge in [-0.15, -0.1) is 0 Å². The molecule has 1 saturated carbocycles. The maximum absolute atomic E-state index is 11.7. The normalized spacial score (nSPS) is 22.1. The van der Waals surface area contributed by atoms with Crippen LogP contribution < -0.4 is 5.32 Å². The van der Waals surface area contributed by atoms with Gasteiger partial charge in [0.1, 0.15) is 5.60 Å². The maximum atomic E-state index is 11.7. The van der Waals surface area contributed by atoms with Crippen molar-refractivity contribution in [2.45, 2.75) is 44.6 Å². The molecule has 1 aliphatic rings. The molecule has 1 atom stereocenters. The van der Waals surface area contributed by atoms with Crippen molar-refractivity contribution in [1.82, 2.24) is 5.32 Å². The summed E-state index contributed by atoms with van der Waals surface area (Å²) in [5.41, 5.74) is -1.20. The molecule has 1 amide bonds. The highest BCUT2D eigenvalue weighted by molar-refractivity contribution is 5.78. The van der Waals surface area contributed by atoms with Crippen molar-refractivity contribution in [1.29, 1.82) is 0 Å². The van der Waals surface area contributed by atoms with Crippen LogP contribution in [0.15, 0.2) is 0 Å². The van der Waals surface area contributed by atoms with Gasteiger partial charge in [0.05, 0.1) is 6.61 Å². The molecule has 88 valence electrons. The quantitative estimate of drug-likeness (QED) is 0.637. The van der Waals surface area contributed by atoms with Gasteiger partial charge in [-0.1, -0.05) is 19.3 Å². The first-order valence-electron chi connectivity index (χ1n) is 5.66. The first-order chi connectivity index (χ1) is 7.05. The van der Waals surface area contributed by atoms with Crippen LogP contribution in [0.4, 0.5) is 0 Å². The predicted octanol–water partition coefficient (Wildman–Crippen LogP) is 0.426. The maximum Gasteiger partial charge on any atom is 0.223 e. The van der Waals surface area contributed by atoms with Crippen molar-refractivity contribution in [2.24, 2.45) is 5.92 Å². The summed E-state index contributed by atoms with van der Waals surface area (Å²) in [6, 6.07) is 0. The fourth-order valence-corrected chi connectivity index (χ4v) is 1.84. The van der Waals surface area contributed by atoms with Crippen molar-refractivity contribution in [2.75, 3.05) is 13.2 Å². The fraction of sp³-hybridized carbons (Fsp3) is 0.909. The molecule has 0 aromatic rings. The lowest BCUT2D eigenvalue weighted by Gasteiger charge is -2.24. The minimum Gasteiger partial charge on any atom is -0.393 e. The molecule has 0 aromatic heterocycles. The molecule has 1 fully saturated rings. The summed E-state index contributed by atoms with van der Waals surface area (Å²) in [7, 11) is 0. The van der Waals surface area contributed by atoms with E-state index in [9.17, 15) is 9.90 Å². The number of nitrogens with one attached hydrogen (secondary N) is 1. The number of hydrogen-bond acceptors (Lipinski definition) is 3. The van der Waals surface area contributed by atoms with Crippen molar-refractivity contribution in [3.05, 3.63) is 0 Å². The number of aliphatic hydroxyl groups excluding tert-OH is 1. The average Bonchev–Trinajstić information content (AvgIpc) is 2.27. The van der Waals surface area contributed by atoms with Crippen LogP contribution in [0.25, 0.3) is 0 Å². The summed E-state index contributed by atoms with van der Waals surface area (Å²) in [4.78, 5) is 11.7. The highest BCUT2D eigenvalue weighted by Gasteiger charge is 2.24. The van der Waals surface area contributed by atoms with Crippen LogP contribution >= 0.6 is 0 Å². The Morgan fingerprint density at radius 3 is 2.53 bits per heavy atom. The molecule has 1 unspecified atom stereocenters. The Labute approximate surface area is 90.7 Å². The fourth-order valence-electron chi connectivity index (χ4n) is 1.84. The highest BCUT2D eigenvalue weighted by Crippen LogP contribution is 2.23. The summed E-state index contributed by atoms with van der Waals surface area (Å²) in [6.07, 6.45) is 5.36. The summed E-state index contributed by atoms with van der Waals surface area (Å²) in [6.45, 7) is 1.30. The van der Waals surface area contributed by atoms with Gasteiger partial charge in [0, 0.05) is 12.5 Å². The smallest absolute Gasteiger partial charge is 0.223 e. The summed E-state index contributed by atoms with van der Waals surface area (Å²) < 4.78 is 0. The van der Waals surface area contributed by atoms with Crippen LogP contribution in [0.2, 0.25) is 0 Å². The Kier molecular flexibility index (Phi) is 4.54. The van der Waals surface area contributed by atoms with Gasteiger partial charge < -0.3 is 15.5 Å². The van der Waals surface area contributed by atoms with Crippen LogP contribution in [0.1, 0.15) is 39.0 Å². The van der Waals surface area contributed by atoms with Crippen LogP contribution in [-0.2, 0) is 4.79 Å². The van der Waals surface area contributed by atoms with Crippen molar-refractivity contribution in [3.63, 3.8) is 0 Å². The van der Waals surface area contributed by atoms with E-state index in [1.54, 1.807) is 0 Å². The Bertz CT molecular complexity index is 210. The Morgan fingerprint density at radius 1 is 1.40 bits per heavy atom. The van der Waals surface area contributed by atoms with Gasteiger partial charge in [-0.3, -0.25) is 4.79 Å². The van der Waals surface area contributed by atoms with Crippen LogP contribution in [0, 0.1) is 5.92 Å². The third-order valence-electron chi connectivity index (χ3n) is 2.96. The number of amides is 1. The number of aliphatic hydroxyl groups is 2. The van der Waals surface area contributed by atoms with E-state index in [0.717, 1.165) is 25.7 Å². The van der Waals surface area contributed by atoms with Crippen molar-refractivity contribution in [3.8, 4) is 0 Å². The van der Waals surface area contributed by atoms with Gasteiger partial charge in [-0.25, -0.2) is 0 Å². The molecule has 3 N–H and O–H groups in total. The molecule has 4 heteroatoms. The van der Waals surface area contributed by atoms with Gasteiger partial charge in [0.25, 0.3) is 0 Å².